The summed E-state index contributed by atoms with van der Waals surface area (Å²) in [6.07, 6.45) is 2.48. The van der Waals surface area contributed by atoms with Crippen LogP contribution in [0.25, 0.3) is 10.9 Å². The number of fused-ring (bicyclic) bond motifs is 1. The van der Waals surface area contributed by atoms with E-state index in [0.29, 0.717) is 17.8 Å². The molecule has 4 aromatic rings. The van der Waals surface area contributed by atoms with Crippen molar-refractivity contribution in [3.63, 3.8) is 0 Å². The number of hydrogen-bond acceptors (Lipinski definition) is 5. The molecule has 0 fully saturated rings. The summed E-state index contributed by atoms with van der Waals surface area (Å²) in [5.74, 6) is -0.551. The first-order valence-electron chi connectivity index (χ1n) is 11.0. The normalized spacial score (nSPS) is 16.0. The number of aryl methyl sites for hydroxylation is 1. The number of benzene rings is 2. The Morgan fingerprint density at radius 1 is 1.18 bits per heavy atom. The molecule has 5 rings (SSSR count). The van der Waals surface area contributed by atoms with E-state index in [-0.39, 0.29) is 11.4 Å². The number of H-pyrrole nitrogens is 1. The van der Waals surface area contributed by atoms with Crippen molar-refractivity contribution in [3.05, 3.63) is 99.1 Å². The lowest BCUT2D eigenvalue weighted by atomic mass is 9.94. The van der Waals surface area contributed by atoms with E-state index in [0.717, 1.165) is 33.3 Å². The van der Waals surface area contributed by atoms with E-state index in [1.807, 2.05) is 61.0 Å². The number of rotatable bonds is 7. The Morgan fingerprint density at radius 2 is 1.97 bits per heavy atom. The second-order valence-corrected chi connectivity index (χ2v) is 9.30. The van der Waals surface area contributed by atoms with Gasteiger partial charge in [0.1, 0.15) is 5.75 Å². The molecule has 1 amide bonds. The first-order chi connectivity index (χ1) is 16.5. The van der Waals surface area contributed by atoms with Gasteiger partial charge in [0, 0.05) is 23.6 Å². The summed E-state index contributed by atoms with van der Waals surface area (Å²) in [4.78, 5) is 31.9. The van der Waals surface area contributed by atoms with Crippen molar-refractivity contribution in [2.24, 2.45) is 0 Å². The molecule has 172 valence electrons. The Kier molecular flexibility index (Phi) is 5.71. The van der Waals surface area contributed by atoms with Crippen LogP contribution in [0, 0.1) is 6.92 Å². The predicted octanol–water partition coefficient (Wildman–Crippen LogP) is 5.37. The van der Waals surface area contributed by atoms with Gasteiger partial charge in [-0.1, -0.05) is 35.9 Å². The first-order valence-corrected chi connectivity index (χ1v) is 11.9. The molecule has 3 heterocycles. The van der Waals surface area contributed by atoms with Gasteiger partial charge in [-0.05, 0) is 54.1 Å². The highest BCUT2D eigenvalue weighted by molar-refractivity contribution is 7.12. The highest BCUT2D eigenvalue weighted by Crippen LogP contribution is 2.40. The number of aromatic nitrogens is 1. The van der Waals surface area contributed by atoms with Crippen LogP contribution in [0.1, 0.15) is 32.4 Å². The molecule has 0 radical (unpaired) electrons. The number of carbonyl (C=O) groups is 2. The number of aromatic amines is 1. The summed E-state index contributed by atoms with van der Waals surface area (Å²) in [7, 11) is 1.63. The van der Waals surface area contributed by atoms with Gasteiger partial charge in [0.2, 0.25) is 5.78 Å². The minimum absolute atomic E-state index is 0.136. The van der Waals surface area contributed by atoms with Gasteiger partial charge in [0.15, 0.2) is 5.76 Å². The van der Waals surface area contributed by atoms with Gasteiger partial charge < -0.3 is 19.7 Å². The minimum atomic E-state index is -0.651. The Balaban J connectivity index is 1.50. The maximum absolute atomic E-state index is 13.3. The zero-order chi connectivity index (χ0) is 23.8. The summed E-state index contributed by atoms with van der Waals surface area (Å²) in [6, 6.07) is 16.4. The van der Waals surface area contributed by atoms with Gasteiger partial charge in [0.25, 0.3) is 5.91 Å². The molecule has 1 atom stereocenters. The summed E-state index contributed by atoms with van der Waals surface area (Å²) >= 11 is 1.30. The number of ether oxygens (including phenoxy) is 1. The molecule has 2 aromatic heterocycles. The minimum Gasteiger partial charge on any atom is -0.503 e. The summed E-state index contributed by atoms with van der Waals surface area (Å²) in [6.45, 7) is 2.32. The highest BCUT2D eigenvalue weighted by Gasteiger charge is 2.43. The van der Waals surface area contributed by atoms with E-state index in [9.17, 15) is 14.7 Å². The fourth-order valence-corrected chi connectivity index (χ4v) is 5.16. The fraction of sp³-hybridized carbons (Fsp3) is 0.185. The average Bonchev–Trinajstić information content (AvgIpc) is 3.58. The molecule has 6 nitrogen and oxygen atoms in total. The van der Waals surface area contributed by atoms with E-state index in [2.05, 4.69) is 4.98 Å². The zero-order valence-electron chi connectivity index (χ0n) is 18.9. The van der Waals surface area contributed by atoms with Crippen molar-refractivity contribution in [3.8, 4) is 5.75 Å². The molecule has 1 aliphatic rings. The van der Waals surface area contributed by atoms with Crippen LogP contribution in [-0.4, -0.2) is 40.3 Å². The molecule has 2 aromatic carbocycles. The maximum atomic E-state index is 13.3. The third kappa shape index (κ3) is 3.78. The van der Waals surface area contributed by atoms with Crippen LogP contribution in [0.4, 0.5) is 0 Å². The Labute approximate surface area is 201 Å². The smallest absolute Gasteiger partial charge is 0.290 e. The second kappa shape index (κ2) is 8.83. The van der Waals surface area contributed by atoms with Gasteiger partial charge in [0.05, 0.1) is 23.6 Å². The van der Waals surface area contributed by atoms with Gasteiger partial charge in [-0.25, -0.2) is 0 Å². The summed E-state index contributed by atoms with van der Waals surface area (Å²) in [5.41, 5.74) is 4.02. The van der Waals surface area contributed by atoms with E-state index in [1.54, 1.807) is 24.1 Å². The number of nitrogens with zero attached hydrogens (tertiary/aromatic N) is 1. The molecule has 0 saturated heterocycles. The lowest BCUT2D eigenvalue weighted by molar-refractivity contribution is -0.129. The number of amides is 1. The molecule has 2 N–H and O–H groups in total. The van der Waals surface area contributed by atoms with Gasteiger partial charge >= 0.3 is 0 Å². The van der Waals surface area contributed by atoms with E-state index < -0.39 is 17.7 Å². The zero-order valence-corrected chi connectivity index (χ0v) is 19.7. The van der Waals surface area contributed by atoms with Crippen LogP contribution in [0.3, 0.4) is 0 Å². The molecule has 0 spiro atoms. The number of hydrogen-bond donors (Lipinski definition) is 2. The molecular weight excluding hydrogens is 448 g/mol. The van der Waals surface area contributed by atoms with Gasteiger partial charge in [-0.2, -0.15) is 0 Å². The van der Waals surface area contributed by atoms with Crippen molar-refractivity contribution in [1.82, 2.24) is 9.88 Å². The molecule has 0 saturated carbocycles. The third-order valence-electron chi connectivity index (χ3n) is 6.28. The van der Waals surface area contributed by atoms with Crippen LogP contribution in [0.5, 0.6) is 5.75 Å². The van der Waals surface area contributed by atoms with E-state index in [1.165, 1.54) is 11.3 Å². The fourth-order valence-electron chi connectivity index (χ4n) is 4.48. The monoisotopic (exact) mass is 472 g/mol. The topological polar surface area (TPSA) is 82.6 Å². The van der Waals surface area contributed by atoms with Crippen LogP contribution in [0.2, 0.25) is 0 Å². The number of aliphatic hydroxyl groups excluding tert-OH is 1. The summed E-state index contributed by atoms with van der Waals surface area (Å²) < 4.78 is 5.36. The lowest BCUT2D eigenvalue weighted by Gasteiger charge is -2.27. The van der Waals surface area contributed by atoms with Crippen molar-refractivity contribution in [2.45, 2.75) is 19.4 Å². The van der Waals surface area contributed by atoms with Crippen molar-refractivity contribution < 1.29 is 19.4 Å². The average molecular weight is 473 g/mol. The Morgan fingerprint density at radius 3 is 2.68 bits per heavy atom. The Bertz CT molecular complexity index is 1400. The number of carbonyl (C=O) groups excluding carboxylic acids is 2. The van der Waals surface area contributed by atoms with E-state index >= 15 is 0 Å². The molecule has 34 heavy (non-hydrogen) atoms. The van der Waals surface area contributed by atoms with Crippen LogP contribution >= 0.6 is 11.3 Å². The van der Waals surface area contributed by atoms with Crippen molar-refractivity contribution in [1.29, 1.82) is 0 Å². The van der Waals surface area contributed by atoms with Gasteiger partial charge in [-0.15, -0.1) is 11.3 Å². The number of ketones is 1. The van der Waals surface area contributed by atoms with Crippen molar-refractivity contribution in [2.75, 3.05) is 13.7 Å². The van der Waals surface area contributed by atoms with Crippen LogP contribution in [0.15, 0.2) is 77.5 Å². The number of Topliss-reactive ketones (excluding diaryl/α,β-unsaturated/α-hetero) is 1. The lowest BCUT2D eigenvalue weighted by Crippen LogP contribution is -2.33. The summed E-state index contributed by atoms with van der Waals surface area (Å²) in [5, 5.41) is 13.7. The molecule has 0 aliphatic carbocycles. The quantitative estimate of drug-likeness (QED) is 0.355. The third-order valence-corrected chi connectivity index (χ3v) is 7.15. The SMILES string of the molecule is COc1ccc2[nH]cc(CCN3C(=O)C(O)=C(C(=O)c4cccs4)[C@@H]3c3ccc(C)cc3)c2c1. The largest absolute Gasteiger partial charge is 0.503 e. The molecule has 0 bridgehead atoms. The highest BCUT2D eigenvalue weighted by atomic mass is 32.1. The van der Waals surface area contributed by atoms with Crippen LogP contribution < -0.4 is 4.74 Å². The number of nitrogens with one attached hydrogen (secondary N) is 1. The predicted molar refractivity (Wildman–Crippen MR) is 132 cm³/mol. The van der Waals surface area contributed by atoms with Crippen LogP contribution in [-0.2, 0) is 11.2 Å². The Hall–Kier alpha value is -3.84. The molecular formula is C27H24N2O4S. The standard InChI is InChI=1S/C27H24N2O4S/c1-16-5-7-17(8-6-16)24-23(25(30)22-4-3-13-34-22)26(31)27(32)29(24)12-11-18-15-28-21-10-9-19(33-2)14-20(18)21/h3-10,13-15,24,28,31H,11-12H2,1-2H3/t24-/m0/s1. The maximum Gasteiger partial charge on any atom is 0.290 e. The molecule has 7 heteroatoms. The molecule has 1 aliphatic heterocycles. The second-order valence-electron chi connectivity index (χ2n) is 8.36. The van der Waals surface area contributed by atoms with Gasteiger partial charge in [-0.3, -0.25) is 9.59 Å². The van der Waals surface area contributed by atoms with E-state index in [4.69, 9.17) is 4.74 Å². The van der Waals surface area contributed by atoms with Crippen molar-refractivity contribution >= 4 is 33.9 Å². The molecule has 0 unspecified atom stereocenters. The number of methoxy groups -OCH3 is 1. The number of thiophene rings is 1. The first kappa shape index (κ1) is 22.0. The number of aliphatic hydroxyl groups is 1.